The minimum Gasteiger partial charge on any atom is -0.377 e. The van der Waals surface area contributed by atoms with E-state index in [0.29, 0.717) is 12.6 Å². The predicted octanol–water partition coefficient (Wildman–Crippen LogP) is 1.26. The number of anilines is 1. The highest BCUT2D eigenvalue weighted by molar-refractivity contribution is 5.40. The summed E-state index contributed by atoms with van der Waals surface area (Å²) in [6, 6.07) is 0.296. The van der Waals surface area contributed by atoms with Crippen LogP contribution < -0.4 is 5.32 Å². The topological polar surface area (TPSA) is 77.8 Å². The quantitative estimate of drug-likeness (QED) is 0.912. The lowest BCUT2D eigenvalue weighted by molar-refractivity contribution is 0.177. The van der Waals surface area contributed by atoms with Gasteiger partial charge in [-0.15, -0.1) is 0 Å². The lowest BCUT2D eigenvalue weighted by Gasteiger charge is -2.24. The molecule has 3 rings (SSSR count). The van der Waals surface area contributed by atoms with E-state index < -0.39 is 0 Å². The third-order valence-electron chi connectivity index (χ3n) is 3.59. The van der Waals surface area contributed by atoms with Crippen molar-refractivity contribution in [2.24, 2.45) is 0 Å². The molecule has 0 saturated carbocycles. The van der Waals surface area contributed by atoms with E-state index >= 15 is 0 Å². The number of methoxy groups -OCH3 is 1. The van der Waals surface area contributed by atoms with Gasteiger partial charge in [0, 0.05) is 25.8 Å². The number of hydrogen-bond acceptors (Lipinski definition) is 6. The SMILES string of the molecule is COCc1nc2n(n1)CC(Nc1nc(C)cnc1C)CC2. The molecule has 1 aliphatic rings. The van der Waals surface area contributed by atoms with Crippen molar-refractivity contribution in [3.05, 3.63) is 29.2 Å². The molecule has 0 saturated heterocycles. The summed E-state index contributed by atoms with van der Waals surface area (Å²) >= 11 is 0. The summed E-state index contributed by atoms with van der Waals surface area (Å²) in [6.45, 7) is 5.17. The van der Waals surface area contributed by atoms with Crippen molar-refractivity contribution in [2.75, 3.05) is 12.4 Å². The van der Waals surface area contributed by atoms with Gasteiger partial charge in [-0.1, -0.05) is 0 Å². The van der Waals surface area contributed by atoms with E-state index in [1.807, 2.05) is 18.5 Å². The van der Waals surface area contributed by atoms with Gasteiger partial charge in [0.1, 0.15) is 18.2 Å². The Morgan fingerprint density at radius 2 is 2.24 bits per heavy atom. The standard InChI is InChI=1S/C14H20N6O/c1-9-6-15-10(2)14(16-9)17-11-4-5-13-18-12(8-21-3)19-20(13)7-11/h6,11H,4-5,7-8H2,1-3H3,(H,16,17). The molecule has 1 aliphatic heterocycles. The smallest absolute Gasteiger partial charge is 0.176 e. The number of rotatable bonds is 4. The monoisotopic (exact) mass is 288 g/mol. The van der Waals surface area contributed by atoms with Gasteiger partial charge in [0.05, 0.1) is 17.9 Å². The molecule has 0 radical (unpaired) electrons. The Morgan fingerprint density at radius 1 is 1.38 bits per heavy atom. The number of aromatic nitrogens is 5. The molecule has 1 N–H and O–H groups in total. The summed E-state index contributed by atoms with van der Waals surface area (Å²) in [4.78, 5) is 13.3. The van der Waals surface area contributed by atoms with Crippen molar-refractivity contribution in [1.82, 2.24) is 24.7 Å². The lowest BCUT2D eigenvalue weighted by atomic mass is 10.1. The number of fused-ring (bicyclic) bond motifs is 1. The van der Waals surface area contributed by atoms with Crippen LogP contribution in [0.25, 0.3) is 0 Å². The van der Waals surface area contributed by atoms with Gasteiger partial charge < -0.3 is 10.1 Å². The molecular weight excluding hydrogens is 268 g/mol. The van der Waals surface area contributed by atoms with Crippen LogP contribution in [-0.4, -0.2) is 37.9 Å². The van der Waals surface area contributed by atoms with Gasteiger partial charge in [-0.05, 0) is 20.3 Å². The van der Waals surface area contributed by atoms with Crippen LogP contribution in [0.1, 0.15) is 29.5 Å². The van der Waals surface area contributed by atoms with E-state index in [1.165, 1.54) is 0 Å². The summed E-state index contributed by atoms with van der Waals surface area (Å²) in [5, 5.41) is 7.96. The number of aryl methyl sites for hydroxylation is 3. The molecule has 7 nitrogen and oxygen atoms in total. The molecular formula is C14H20N6O. The van der Waals surface area contributed by atoms with Gasteiger partial charge in [-0.2, -0.15) is 5.10 Å². The molecule has 1 atom stereocenters. The van der Waals surface area contributed by atoms with Crippen LogP contribution in [0.15, 0.2) is 6.20 Å². The van der Waals surface area contributed by atoms with Crippen LogP contribution >= 0.6 is 0 Å². The Kier molecular flexibility index (Phi) is 3.83. The first-order chi connectivity index (χ1) is 10.2. The summed E-state index contributed by atoms with van der Waals surface area (Å²) in [7, 11) is 1.66. The molecule has 0 bridgehead atoms. The van der Waals surface area contributed by atoms with Crippen LogP contribution in [0.5, 0.6) is 0 Å². The molecule has 1 unspecified atom stereocenters. The van der Waals surface area contributed by atoms with E-state index in [1.54, 1.807) is 13.3 Å². The molecule has 112 valence electrons. The zero-order chi connectivity index (χ0) is 14.8. The largest absolute Gasteiger partial charge is 0.377 e. The summed E-state index contributed by atoms with van der Waals surface area (Å²) in [5.41, 5.74) is 1.84. The van der Waals surface area contributed by atoms with Crippen molar-refractivity contribution >= 4 is 5.82 Å². The molecule has 21 heavy (non-hydrogen) atoms. The molecule has 3 heterocycles. The van der Waals surface area contributed by atoms with Crippen molar-refractivity contribution in [3.8, 4) is 0 Å². The second-order valence-electron chi connectivity index (χ2n) is 5.38. The van der Waals surface area contributed by atoms with Crippen LogP contribution in [0, 0.1) is 13.8 Å². The minimum atomic E-state index is 0.296. The average molecular weight is 288 g/mol. The van der Waals surface area contributed by atoms with Gasteiger partial charge in [-0.25, -0.2) is 14.6 Å². The van der Waals surface area contributed by atoms with Crippen molar-refractivity contribution in [2.45, 2.75) is 45.9 Å². The highest BCUT2D eigenvalue weighted by Gasteiger charge is 2.22. The highest BCUT2D eigenvalue weighted by Crippen LogP contribution is 2.18. The number of ether oxygens (including phenoxy) is 1. The minimum absolute atomic E-state index is 0.296. The molecule has 7 heteroatoms. The molecule has 0 spiro atoms. The van der Waals surface area contributed by atoms with Gasteiger partial charge in [0.2, 0.25) is 0 Å². The highest BCUT2D eigenvalue weighted by atomic mass is 16.5. The average Bonchev–Trinajstić information content (AvgIpc) is 2.85. The van der Waals surface area contributed by atoms with Crippen molar-refractivity contribution in [3.63, 3.8) is 0 Å². The van der Waals surface area contributed by atoms with Crippen LogP contribution in [0.3, 0.4) is 0 Å². The first-order valence-electron chi connectivity index (χ1n) is 7.14. The van der Waals surface area contributed by atoms with E-state index in [-0.39, 0.29) is 0 Å². The summed E-state index contributed by atoms with van der Waals surface area (Å²) < 4.78 is 7.05. The number of nitrogens with zero attached hydrogens (tertiary/aromatic N) is 5. The maximum atomic E-state index is 5.08. The van der Waals surface area contributed by atoms with E-state index in [0.717, 1.165) is 48.2 Å². The summed E-state index contributed by atoms with van der Waals surface area (Å²) in [5.74, 6) is 2.65. The Balaban J connectivity index is 1.72. The Morgan fingerprint density at radius 3 is 3.05 bits per heavy atom. The normalized spacial score (nSPS) is 17.6. The fourth-order valence-electron chi connectivity index (χ4n) is 2.54. The second-order valence-corrected chi connectivity index (χ2v) is 5.38. The fourth-order valence-corrected chi connectivity index (χ4v) is 2.54. The van der Waals surface area contributed by atoms with E-state index in [4.69, 9.17) is 4.74 Å². The van der Waals surface area contributed by atoms with Gasteiger partial charge >= 0.3 is 0 Å². The molecule has 0 aromatic carbocycles. The van der Waals surface area contributed by atoms with Crippen molar-refractivity contribution < 1.29 is 4.74 Å². The zero-order valence-corrected chi connectivity index (χ0v) is 12.6. The predicted molar refractivity (Wildman–Crippen MR) is 78.0 cm³/mol. The third kappa shape index (κ3) is 3.02. The molecule has 2 aromatic heterocycles. The van der Waals surface area contributed by atoms with Gasteiger partial charge in [0.15, 0.2) is 5.82 Å². The van der Waals surface area contributed by atoms with Gasteiger partial charge in [-0.3, -0.25) is 4.98 Å². The third-order valence-corrected chi connectivity index (χ3v) is 3.59. The van der Waals surface area contributed by atoms with Gasteiger partial charge in [0.25, 0.3) is 0 Å². The van der Waals surface area contributed by atoms with Crippen LogP contribution in [0.2, 0.25) is 0 Å². The van der Waals surface area contributed by atoms with E-state index in [2.05, 4.69) is 25.4 Å². The van der Waals surface area contributed by atoms with Crippen LogP contribution in [0.4, 0.5) is 5.82 Å². The van der Waals surface area contributed by atoms with Crippen LogP contribution in [-0.2, 0) is 24.3 Å². The Labute approximate surface area is 123 Å². The molecule has 2 aromatic rings. The molecule has 0 fully saturated rings. The maximum Gasteiger partial charge on any atom is 0.176 e. The first kappa shape index (κ1) is 13.9. The van der Waals surface area contributed by atoms with Crippen molar-refractivity contribution in [1.29, 1.82) is 0 Å². The van der Waals surface area contributed by atoms with E-state index in [9.17, 15) is 0 Å². The molecule has 0 aliphatic carbocycles. The number of hydrogen-bond donors (Lipinski definition) is 1. The summed E-state index contributed by atoms with van der Waals surface area (Å²) in [6.07, 6.45) is 3.71. The lowest BCUT2D eigenvalue weighted by Crippen LogP contribution is -2.32. The Hall–Kier alpha value is -2.02. The second kappa shape index (κ2) is 5.77. The molecule has 0 amide bonds. The maximum absolute atomic E-state index is 5.08. The fraction of sp³-hybridized carbons (Fsp3) is 0.571. The first-order valence-corrected chi connectivity index (χ1v) is 7.14. The number of nitrogens with one attached hydrogen (secondary N) is 1. The Bertz CT molecular complexity index is 638. The zero-order valence-electron chi connectivity index (χ0n) is 12.6.